The molecule has 0 amide bonds. The second-order valence-corrected chi connectivity index (χ2v) is 5.34. The molecule has 2 heteroatoms. The van der Waals surface area contributed by atoms with Crippen molar-refractivity contribution < 1.29 is 4.74 Å². The molecule has 2 aromatic rings. The molecule has 3 rings (SSSR count). The Morgan fingerprint density at radius 3 is 2.79 bits per heavy atom. The van der Waals surface area contributed by atoms with Gasteiger partial charge in [-0.2, -0.15) is 0 Å². The van der Waals surface area contributed by atoms with Gasteiger partial charge in [-0.3, -0.25) is 0 Å². The van der Waals surface area contributed by atoms with Crippen molar-refractivity contribution in [1.29, 1.82) is 0 Å². The first-order valence-corrected chi connectivity index (χ1v) is 7.08. The van der Waals surface area contributed by atoms with Crippen molar-refractivity contribution in [3.05, 3.63) is 47.5 Å². The summed E-state index contributed by atoms with van der Waals surface area (Å²) in [5.74, 6) is 0. The zero-order valence-corrected chi connectivity index (χ0v) is 11.6. The van der Waals surface area contributed by atoms with Crippen LogP contribution in [0.25, 0.3) is 10.8 Å². The fraction of sp³-hybridized carbons (Fsp3) is 0.412. The molecule has 19 heavy (non-hydrogen) atoms. The molecule has 1 heterocycles. The molecule has 2 aromatic carbocycles. The lowest BCUT2D eigenvalue weighted by molar-refractivity contribution is 0.0810. The summed E-state index contributed by atoms with van der Waals surface area (Å²) in [7, 11) is 2.04. The van der Waals surface area contributed by atoms with Crippen molar-refractivity contribution in [2.75, 3.05) is 13.7 Å². The van der Waals surface area contributed by atoms with Gasteiger partial charge >= 0.3 is 0 Å². The van der Waals surface area contributed by atoms with Gasteiger partial charge in [0.25, 0.3) is 0 Å². The van der Waals surface area contributed by atoms with Crippen molar-refractivity contribution in [3.8, 4) is 0 Å². The van der Waals surface area contributed by atoms with Crippen molar-refractivity contribution in [3.63, 3.8) is 0 Å². The van der Waals surface area contributed by atoms with Crippen LogP contribution in [0.5, 0.6) is 0 Å². The number of rotatable bonds is 3. The SMILES string of the molecule is CNC(c1c(C)ccc2ccccc12)C1CCCO1. The molecule has 0 aromatic heterocycles. The van der Waals surface area contributed by atoms with E-state index in [1.54, 1.807) is 0 Å². The van der Waals surface area contributed by atoms with E-state index in [4.69, 9.17) is 4.74 Å². The van der Waals surface area contributed by atoms with Crippen LogP contribution in [-0.4, -0.2) is 19.8 Å². The van der Waals surface area contributed by atoms with Crippen molar-refractivity contribution in [2.24, 2.45) is 0 Å². The van der Waals surface area contributed by atoms with E-state index in [0.29, 0.717) is 6.10 Å². The largest absolute Gasteiger partial charge is 0.376 e. The summed E-state index contributed by atoms with van der Waals surface area (Å²) in [6.07, 6.45) is 2.62. The van der Waals surface area contributed by atoms with Crippen LogP contribution in [0.3, 0.4) is 0 Å². The van der Waals surface area contributed by atoms with Gasteiger partial charge < -0.3 is 10.1 Å². The number of likely N-dealkylation sites (N-methyl/N-ethyl adjacent to an activating group) is 1. The normalized spacial score (nSPS) is 20.8. The van der Waals surface area contributed by atoms with Crippen LogP contribution >= 0.6 is 0 Å². The molecule has 1 aliphatic rings. The van der Waals surface area contributed by atoms with Crippen LogP contribution in [0.1, 0.15) is 30.0 Å². The molecule has 2 unspecified atom stereocenters. The Labute approximate surface area is 114 Å². The summed E-state index contributed by atoms with van der Waals surface area (Å²) in [6.45, 7) is 3.09. The lowest BCUT2D eigenvalue weighted by Gasteiger charge is -2.26. The molecular weight excluding hydrogens is 234 g/mol. The zero-order valence-electron chi connectivity index (χ0n) is 11.6. The highest BCUT2D eigenvalue weighted by Gasteiger charge is 2.28. The van der Waals surface area contributed by atoms with Gasteiger partial charge in [-0.1, -0.05) is 36.4 Å². The highest BCUT2D eigenvalue weighted by atomic mass is 16.5. The Kier molecular flexibility index (Phi) is 3.54. The quantitative estimate of drug-likeness (QED) is 0.905. The van der Waals surface area contributed by atoms with E-state index in [-0.39, 0.29) is 6.04 Å². The number of fused-ring (bicyclic) bond motifs is 1. The minimum Gasteiger partial charge on any atom is -0.376 e. The van der Waals surface area contributed by atoms with Crippen molar-refractivity contribution in [2.45, 2.75) is 31.9 Å². The van der Waals surface area contributed by atoms with E-state index in [2.05, 4.69) is 48.6 Å². The summed E-state index contributed by atoms with van der Waals surface area (Å²) in [6, 6.07) is 13.3. The van der Waals surface area contributed by atoms with Crippen LogP contribution in [0.4, 0.5) is 0 Å². The molecule has 2 nitrogen and oxygen atoms in total. The topological polar surface area (TPSA) is 21.3 Å². The standard InChI is InChI=1S/C17H21NO/c1-12-9-10-13-6-3-4-7-14(13)16(12)17(18-2)15-8-5-11-19-15/h3-4,6-7,9-10,15,17-18H,5,8,11H2,1-2H3. The molecule has 0 spiro atoms. The van der Waals surface area contributed by atoms with Crippen LogP contribution in [0.15, 0.2) is 36.4 Å². The molecule has 1 fully saturated rings. The maximum absolute atomic E-state index is 5.90. The van der Waals surface area contributed by atoms with Gasteiger partial charge in [0.2, 0.25) is 0 Å². The smallest absolute Gasteiger partial charge is 0.0770 e. The molecule has 2 atom stereocenters. The van der Waals surface area contributed by atoms with E-state index in [1.807, 2.05) is 7.05 Å². The Morgan fingerprint density at radius 2 is 2.05 bits per heavy atom. The summed E-state index contributed by atoms with van der Waals surface area (Å²) < 4.78 is 5.90. The second kappa shape index (κ2) is 5.32. The Morgan fingerprint density at radius 1 is 1.21 bits per heavy atom. The summed E-state index contributed by atoms with van der Waals surface area (Å²) >= 11 is 0. The van der Waals surface area contributed by atoms with Gasteiger partial charge in [-0.15, -0.1) is 0 Å². The minimum atomic E-state index is 0.286. The fourth-order valence-corrected chi connectivity index (χ4v) is 3.20. The summed E-state index contributed by atoms with van der Waals surface area (Å²) in [5, 5.41) is 6.12. The molecule has 0 aliphatic carbocycles. The highest BCUT2D eigenvalue weighted by Crippen LogP contribution is 2.33. The predicted molar refractivity (Wildman–Crippen MR) is 79.5 cm³/mol. The number of hydrogen-bond donors (Lipinski definition) is 1. The fourth-order valence-electron chi connectivity index (χ4n) is 3.20. The van der Waals surface area contributed by atoms with Crippen LogP contribution < -0.4 is 5.32 Å². The summed E-state index contributed by atoms with van der Waals surface area (Å²) in [5.41, 5.74) is 2.74. The van der Waals surface area contributed by atoms with E-state index in [1.165, 1.54) is 28.3 Å². The molecule has 0 saturated carbocycles. The highest BCUT2D eigenvalue weighted by molar-refractivity contribution is 5.87. The van der Waals surface area contributed by atoms with E-state index < -0.39 is 0 Å². The van der Waals surface area contributed by atoms with Gasteiger partial charge in [-0.05, 0) is 48.7 Å². The van der Waals surface area contributed by atoms with E-state index >= 15 is 0 Å². The lowest BCUT2D eigenvalue weighted by atomic mass is 9.90. The Hall–Kier alpha value is -1.38. The average Bonchev–Trinajstić information content (AvgIpc) is 2.96. The second-order valence-electron chi connectivity index (χ2n) is 5.34. The van der Waals surface area contributed by atoms with Crippen LogP contribution in [0.2, 0.25) is 0 Å². The van der Waals surface area contributed by atoms with E-state index in [9.17, 15) is 0 Å². The molecule has 0 bridgehead atoms. The van der Waals surface area contributed by atoms with Gasteiger partial charge in [0, 0.05) is 6.61 Å². The molecular formula is C17H21NO. The maximum atomic E-state index is 5.90. The molecule has 1 saturated heterocycles. The third kappa shape index (κ3) is 2.26. The average molecular weight is 255 g/mol. The number of ether oxygens (including phenoxy) is 1. The predicted octanol–water partition coefficient (Wildman–Crippen LogP) is 3.59. The van der Waals surface area contributed by atoms with Crippen molar-refractivity contribution >= 4 is 10.8 Å². The van der Waals surface area contributed by atoms with Crippen LogP contribution in [-0.2, 0) is 4.74 Å². The monoisotopic (exact) mass is 255 g/mol. The van der Waals surface area contributed by atoms with Gasteiger partial charge in [0.05, 0.1) is 12.1 Å². The first-order chi connectivity index (χ1) is 9.31. The Balaban J connectivity index is 2.13. The molecule has 0 radical (unpaired) electrons. The molecule has 1 aliphatic heterocycles. The molecule has 100 valence electrons. The zero-order chi connectivity index (χ0) is 13.2. The number of benzene rings is 2. The Bertz CT molecular complexity index is 572. The lowest BCUT2D eigenvalue weighted by Crippen LogP contribution is -2.29. The minimum absolute atomic E-state index is 0.286. The van der Waals surface area contributed by atoms with E-state index in [0.717, 1.165) is 13.0 Å². The third-order valence-electron chi connectivity index (χ3n) is 4.15. The first-order valence-electron chi connectivity index (χ1n) is 7.08. The third-order valence-corrected chi connectivity index (χ3v) is 4.15. The maximum Gasteiger partial charge on any atom is 0.0770 e. The van der Waals surface area contributed by atoms with Gasteiger partial charge in [-0.25, -0.2) is 0 Å². The number of aryl methyl sites for hydroxylation is 1. The molecule has 1 N–H and O–H groups in total. The van der Waals surface area contributed by atoms with Crippen LogP contribution in [0, 0.1) is 6.92 Å². The number of nitrogens with one attached hydrogen (secondary N) is 1. The first kappa shape index (κ1) is 12.6. The summed E-state index contributed by atoms with van der Waals surface area (Å²) in [4.78, 5) is 0. The van der Waals surface area contributed by atoms with Crippen molar-refractivity contribution in [1.82, 2.24) is 5.32 Å². The number of hydrogen-bond acceptors (Lipinski definition) is 2. The van der Waals surface area contributed by atoms with Gasteiger partial charge in [0.15, 0.2) is 0 Å². The van der Waals surface area contributed by atoms with Gasteiger partial charge in [0.1, 0.15) is 0 Å².